The Labute approximate surface area is 117 Å². The summed E-state index contributed by atoms with van der Waals surface area (Å²) in [5.41, 5.74) is 7.42. The van der Waals surface area contributed by atoms with Crippen LogP contribution in [0.4, 0.5) is 0 Å². The van der Waals surface area contributed by atoms with Gasteiger partial charge in [-0.15, -0.1) is 0 Å². The van der Waals surface area contributed by atoms with E-state index in [2.05, 4.69) is 38.2 Å². The Balaban J connectivity index is 2.12. The van der Waals surface area contributed by atoms with E-state index in [-0.39, 0.29) is 0 Å². The van der Waals surface area contributed by atoms with Crippen LogP contribution in [0, 0.1) is 11.8 Å². The summed E-state index contributed by atoms with van der Waals surface area (Å²) in [6, 6.07) is 0. The molecule has 0 spiro atoms. The molecule has 2 unspecified atom stereocenters. The maximum atomic E-state index is 5.83. The highest BCUT2D eigenvalue weighted by atomic mass is 16.5. The van der Waals surface area contributed by atoms with Gasteiger partial charge >= 0.3 is 0 Å². The summed E-state index contributed by atoms with van der Waals surface area (Å²) in [5, 5.41) is 4.60. The van der Waals surface area contributed by atoms with Gasteiger partial charge in [0.25, 0.3) is 0 Å². The molecule has 3 nitrogen and oxygen atoms in total. The van der Waals surface area contributed by atoms with Crippen molar-refractivity contribution in [3.05, 3.63) is 11.3 Å². The molecule has 0 amide bonds. The van der Waals surface area contributed by atoms with Gasteiger partial charge in [-0.25, -0.2) is 0 Å². The van der Waals surface area contributed by atoms with Gasteiger partial charge < -0.3 is 4.74 Å². The molecule has 1 N–H and O–H groups in total. The van der Waals surface area contributed by atoms with Crippen molar-refractivity contribution in [1.82, 2.24) is 5.43 Å². The molecule has 2 atom stereocenters. The van der Waals surface area contributed by atoms with Crippen LogP contribution >= 0.6 is 0 Å². The molecule has 1 aliphatic heterocycles. The molecule has 0 bridgehead atoms. The highest BCUT2D eigenvalue weighted by molar-refractivity contribution is 5.91. The fourth-order valence-corrected chi connectivity index (χ4v) is 3.37. The molecule has 0 saturated heterocycles. The summed E-state index contributed by atoms with van der Waals surface area (Å²) in [6.45, 7) is 9.60. The lowest BCUT2D eigenvalue weighted by Gasteiger charge is -2.33. The molecule has 0 aromatic carbocycles. The van der Waals surface area contributed by atoms with E-state index in [1.54, 1.807) is 5.57 Å². The Hall–Kier alpha value is -0.830. The maximum absolute atomic E-state index is 5.83. The molecule has 1 heterocycles. The third kappa shape index (κ3) is 3.38. The van der Waals surface area contributed by atoms with E-state index < -0.39 is 0 Å². The first-order valence-corrected chi connectivity index (χ1v) is 7.78. The van der Waals surface area contributed by atoms with Gasteiger partial charge in [0.1, 0.15) is 0 Å². The minimum atomic E-state index is 0.451. The van der Waals surface area contributed by atoms with Gasteiger partial charge in [0.05, 0.1) is 6.10 Å². The number of hydrazone groups is 1. The van der Waals surface area contributed by atoms with Crippen LogP contribution in [0.1, 0.15) is 59.8 Å². The topological polar surface area (TPSA) is 33.6 Å². The highest BCUT2D eigenvalue weighted by Crippen LogP contribution is 2.34. The molecule has 3 heteroatoms. The highest BCUT2D eigenvalue weighted by Gasteiger charge is 2.29. The quantitative estimate of drug-likeness (QED) is 0.839. The summed E-state index contributed by atoms with van der Waals surface area (Å²) < 4.78 is 5.83. The Bertz CT molecular complexity index is 371. The zero-order chi connectivity index (χ0) is 13.8. The molecular formula is C16H28N2O. The molecule has 0 aromatic rings. The van der Waals surface area contributed by atoms with E-state index in [1.807, 2.05) is 0 Å². The molecule has 108 valence electrons. The third-order valence-electron chi connectivity index (χ3n) is 4.36. The largest absolute Gasteiger partial charge is 0.378 e. The first-order valence-electron chi connectivity index (χ1n) is 7.78. The summed E-state index contributed by atoms with van der Waals surface area (Å²) >= 11 is 0. The zero-order valence-electron chi connectivity index (χ0n) is 12.8. The van der Waals surface area contributed by atoms with E-state index in [0.717, 1.165) is 19.4 Å². The van der Waals surface area contributed by atoms with Crippen molar-refractivity contribution in [2.75, 3.05) is 6.61 Å². The summed E-state index contributed by atoms with van der Waals surface area (Å²) in [7, 11) is 0. The van der Waals surface area contributed by atoms with E-state index in [4.69, 9.17) is 4.74 Å². The van der Waals surface area contributed by atoms with E-state index in [9.17, 15) is 0 Å². The minimum Gasteiger partial charge on any atom is -0.378 e. The second-order valence-corrected chi connectivity index (χ2v) is 6.05. The van der Waals surface area contributed by atoms with Crippen LogP contribution in [0.25, 0.3) is 0 Å². The molecule has 2 rings (SSSR count). The smallest absolute Gasteiger partial charge is 0.0578 e. The standard InChI is InChI=1S/C16H28N2O/c1-5-19-13-7-6-8-15-14(10-9-13)12(4)17-18-16(15)11(2)3/h11,13,15,17H,5-10H2,1-4H3. The molecule has 1 saturated carbocycles. The number of rotatable bonds is 3. The Kier molecular flexibility index (Phi) is 5.03. The van der Waals surface area contributed by atoms with Crippen molar-refractivity contribution in [2.24, 2.45) is 16.9 Å². The Morgan fingerprint density at radius 2 is 2.11 bits per heavy atom. The van der Waals surface area contributed by atoms with Crippen molar-refractivity contribution in [3.63, 3.8) is 0 Å². The molecule has 1 fully saturated rings. The number of fused-ring (bicyclic) bond motifs is 1. The van der Waals surface area contributed by atoms with E-state index in [0.29, 0.717) is 17.9 Å². The van der Waals surface area contributed by atoms with Crippen LogP contribution in [0.3, 0.4) is 0 Å². The molecule has 0 radical (unpaired) electrons. The van der Waals surface area contributed by atoms with Gasteiger partial charge in [-0.2, -0.15) is 5.10 Å². The first-order chi connectivity index (χ1) is 9.13. The lowest BCUT2D eigenvalue weighted by Crippen LogP contribution is -2.33. The van der Waals surface area contributed by atoms with Crippen LogP contribution in [0.15, 0.2) is 16.4 Å². The molecule has 2 aliphatic rings. The van der Waals surface area contributed by atoms with Crippen LogP contribution in [0.5, 0.6) is 0 Å². The Morgan fingerprint density at radius 1 is 1.32 bits per heavy atom. The predicted molar refractivity (Wildman–Crippen MR) is 80.1 cm³/mol. The van der Waals surface area contributed by atoms with Crippen LogP contribution in [-0.2, 0) is 4.74 Å². The number of hydrogen-bond donors (Lipinski definition) is 1. The summed E-state index contributed by atoms with van der Waals surface area (Å²) in [5.74, 6) is 1.10. The van der Waals surface area contributed by atoms with Crippen molar-refractivity contribution >= 4 is 5.71 Å². The van der Waals surface area contributed by atoms with Gasteiger partial charge in [-0.3, -0.25) is 5.43 Å². The lowest BCUT2D eigenvalue weighted by molar-refractivity contribution is 0.0462. The van der Waals surface area contributed by atoms with Crippen LogP contribution < -0.4 is 5.43 Å². The number of nitrogens with one attached hydrogen (secondary N) is 1. The van der Waals surface area contributed by atoms with Crippen molar-refractivity contribution in [2.45, 2.75) is 65.9 Å². The summed E-state index contributed by atoms with van der Waals surface area (Å²) in [6.07, 6.45) is 6.44. The average molecular weight is 264 g/mol. The minimum absolute atomic E-state index is 0.451. The van der Waals surface area contributed by atoms with Gasteiger partial charge in [0.2, 0.25) is 0 Å². The fraction of sp³-hybridized carbons (Fsp3) is 0.812. The monoisotopic (exact) mass is 264 g/mol. The van der Waals surface area contributed by atoms with Gasteiger partial charge in [-0.1, -0.05) is 13.8 Å². The normalized spacial score (nSPS) is 28.4. The number of nitrogens with zero attached hydrogens (tertiary/aromatic N) is 1. The van der Waals surface area contributed by atoms with Crippen molar-refractivity contribution < 1.29 is 4.74 Å². The molecule has 1 aliphatic carbocycles. The van der Waals surface area contributed by atoms with E-state index >= 15 is 0 Å². The maximum Gasteiger partial charge on any atom is 0.0578 e. The number of hydrogen-bond acceptors (Lipinski definition) is 3. The third-order valence-corrected chi connectivity index (χ3v) is 4.36. The first kappa shape index (κ1) is 14.6. The van der Waals surface area contributed by atoms with Gasteiger partial charge in [-0.05, 0) is 57.4 Å². The van der Waals surface area contributed by atoms with Crippen molar-refractivity contribution in [1.29, 1.82) is 0 Å². The van der Waals surface area contributed by atoms with E-state index in [1.165, 1.54) is 30.7 Å². The van der Waals surface area contributed by atoms with Gasteiger partial charge in [0.15, 0.2) is 0 Å². The van der Waals surface area contributed by atoms with Gasteiger partial charge in [0, 0.05) is 23.9 Å². The second-order valence-electron chi connectivity index (χ2n) is 6.05. The molecule has 0 aromatic heterocycles. The number of ether oxygens (including phenoxy) is 1. The average Bonchev–Trinajstić information content (AvgIpc) is 2.34. The predicted octanol–water partition coefficient (Wildman–Crippen LogP) is 3.86. The van der Waals surface area contributed by atoms with Crippen molar-refractivity contribution in [3.8, 4) is 0 Å². The molecular weight excluding hydrogens is 236 g/mol. The fourth-order valence-electron chi connectivity index (χ4n) is 3.37. The molecule has 19 heavy (non-hydrogen) atoms. The van der Waals surface area contributed by atoms with Crippen LogP contribution in [0.2, 0.25) is 0 Å². The summed E-state index contributed by atoms with van der Waals surface area (Å²) in [4.78, 5) is 0. The lowest BCUT2D eigenvalue weighted by atomic mass is 9.78. The Morgan fingerprint density at radius 3 is 2.79 bits per heavy atom. The SMILES string of the molecule is CCOC1CCCC2C(C(C)C)=NNC(C)=C2CC1. The second kappa shape index (κ2) is 6.56. The number of allylic oxidation sites excluding steroid dienone is 2. The zero-order valence-corrected chi connectivity index (χ0v) is 12.8. The van der Waals surface area contributed by atoms with Crippen LogP contribution in [-0.4, -0.2) is 18.4 Å².